The van der Waals surface area contributed by atoms with Crippen LogP contribution in [0.25, 0.3) is 0 Å². The van der Waals surface area contributed by atoms with Gasteiger partial charge in [-0.05, 0) is 38.3 Å². The van der Waals surface area contributed by atoms with E-state index in [1.54, 1.807) is 0 Å². The molecule has 13 heavy (non-hydrogen) atoms. The quantitative estimate of drug-likeness (QED) is 0.670. The van der Waals surface area contributed by atoms with Crippen LogP contribution >= 0.6 is 0 Å². The standard InChI is InChI=1S/C11H22N2/c1-9(2)7-13-5-4-10(3)11(6-12)8-13/h10-11H,1,4-8,12H2,2-3H3. The van der Waals surface area contributed by atoms with Crippen molar-refractivity contribution < 1.29 is 0 Å². The van der Waals surface area contributed by atoms with E-state index in [1.807, 2.05) is 0 Å². The first-order chi connectivity index (χ1) is 6.13. The molecule has 0 radical (unpaired) electrons. The van der Waals surface area contributed by atoms with Crippen LogP contribution in [0, 0.1) is 11.8 Å². The molecule has 2 atom stereocenters. The fourth-order valence-corrected chi connectivity index (χ4v) is 2.06. The van der Waals surface area contributed by atoms with E-state index in [0.717, 1.165) is 25.6 Å². The Morgan fingerprint density at radius 1 is 1.62 bits per heavy atom. The minimum atomic E-state index is 0.688. The second kappa shape index (κ2) is 4.77. The summed E-state index contributed by atoms with van der Waals surface area (Å²) in [5.41, 5.74) is 6.99. The number of hydrogen-bond donors (Lipinski definition) is 1. The van der Waals surface area contributed by atoms with E-state index >= 15 is 0 Å². The van der Waals surface area contributed by atoms with Crippen molar-refractivity contribution in [2.45, 2.75) is 20.3 Å². The van der Waals surface area contributed by atoms with E-state index in [2.05, 4.69) is 25.3 Å². The fraction of sp³-hybridized carbons (Fsp3) is 0.818. The number of nitrogens with zero attached hydrogens (tertiary/aromatic N) is 1. The Balaban J connectivity index is 2.40. The van der Waals surface area contributed by atoms with Crippen LogP contribution < -0.4 is 5.73 Å². The highest BCUT2D eigenvalue weighted by molar-refractivity contribution is 4.93. The molecular weight excluding hydrogens is 160 g/mol. The van der Waals surface area contributed by atoms with Gasteiger partial charge >= 0.3 is 0 Å². The van der Waals surface area contributed by atoms with Gasteiger partial charge in [-0.15, -0.1) is 0 Å². The Morgan fingerprint density at radius 2 is 2.31 bits per heavy atom. The molecule has 0 amide bonds. The van der Waals surface area contributed by atoms with Crippen LogP contribution in [0.5, 0.6) is 0 Å². The van der Waals surface area contributed by atoms with E-state index in [-0.39, 0.29) is 0 Å². The lowest BCUT2D eigenvalue weighted by molar-refractivity contribution is 0.142. The average molecular weight is 182 g/mol. The van der Waals surface area contributed by atoms with Gasteiger partial charge in [-0.25, -0.2) is 0 Å². The van der Waals surface area contributed by atoms with Crippen LogP contribution in [-0.2, 0) is 0 Å². The lowest BCUT2D eigenvalue weighted by Gasteiger charge is -2.36. The second-order valence-corrected chi connectivity index (χ2v) is 4.45. The highest BCUT2D eigenvalue weighted by Gasteiger charge is 2.24. The third-order valence-electron chi connectivity index (χ3n) is 2.99. The van der Waals surface area contributed by atoms with Gasteiger partial charge in [0.25, 0.3) is 0 Å². The van der Waals surface area contributed by atoms with E-state index in [0.29, 0.717) is 5.92 Å². The molecule has 2 N–H and O–H groups in total. The van der Waals surface area contributed by atoms with Crippen LogP contribution in [0.2, 0.25) is 0 Å². The maximum Gasteiger partial charge on any atom is 0.0187 e. The van der Waals surface area contributed by atoms with Crippen molar-refractivity contribution in [1.29, 1.82) is 0 Å². The molecule has 2 unspecified atom stereocenters. The molecule has 1 fully saturated rings. The van der Waals surface area contributed by atoms with Gasteiger partial charge in [-0.2, -0.15) is 0 Å². The first-order valence-corrected chi connectivity index (χ1v) is 5.20. The van der Waals surface area contributed by atoms with Crippen LogP contribution in [0.4, 0.5) is 0 Å². The zero-order valence-electron chi connectivity index (χ0n) is 8.92. The fourth-order valence-electron chi connectivity index (χ4n) is 2.06. The predicted octanol–water partition coefficient (Wildman–Crippen LogP) is 1.48. The smallest absolute Gasteiger partial charge is 0.0187 e. The summed E-state index contributed by atoms with van der Waals surface area (Å²) in [6, 6.07) is 0. The molecule has 1 aliphatic rings. The normalized spacial score (nSPS) is 30.4. The Kier molecular flexibility index (Phi) is 3.94. The SMILES string of the molecule is C=C(C)CN1CCC(C)C(CN)C1. The molecule has 1 aliphatic heterocycles. The lowest BCUT2D eigenvalue weighted by atomic mass is 9.87. The van der Waals surface area contributed by atoms with E-state index < -0.39 is 0 Å². The van der Waals surface area contributed by atoms with Crippen molar-refractivity contribution in [1.82, 2.24) is 4.90 Å². The van der Waals surface area contributed by atoms with Crippen molar-refractivity contribution in [3.05, 3.63) is 12.2 Å². The van der Waals surface area contributed by atoms with Crippen molar-refractivity contribution >= 4 is 0 Å². The monoisotopic (exact) mass is 182 g/mol. The third kappa shape index (κ3) is 3.12. The number of rotatable bonds is 3. The van der Waals surface area contributed by atoms with Gasteiger partial charge < -0.3 is 5.73 Å². The molecule has 2 nitrogen and oxygen atoms in total. The number of nitrogens with two attached hydrogens (primary N) is 1. The molecule has 76 valence electrons. The van der Waals surface area contributed by atoms with E-state index in [4.69, 9.17) is 5.73 Å². The highest BCUT2D eigenvalue weighted by Crippen LogP contribution is 2.22. The molecule has 0 aromatic heterocycles. The van der Waals surface area contributed by atoms with Crippen LogP contribution in [0.3, 0.4) is 0 Å². The average Bonchev–Trinajstić information content (AvgIpc) is 2.07. The highest BCUT2D eigenvalue weighted by atomic mass is 15.1. The predicted molar refractivity (Wildman–Crippen MR) is 57.6 cm³/mol. The van der Waals surface area contributed by atoms with Crippen LogP contribution in [-0.4, -0.2) is 31.1 Å². The van der Waals surface area contributed by atoms with Gasteiger partial charge in [0.15, 0.2) is 0 Å². The maximum absolute atomic E-state index is 5.74. The van der Waals surface area contributed by atoms with Gasteiger partial charge in [0, 0.05) is 13.1 Å². The molecular formula is C11H22N2. The van der Waals surface area contributed by atoms with Gasteiger partial charge in [0.2, 0.25) is 0 Å². The van der Waals surface area contributed by atoms with Gasteiger partial charge in [0.1, 0.15) is 0 Å². The molecule has 0 bridgehead atoms. The summed E-state index contributed by atoms with van der Waals surface area (Å²) < 4.78 is 0. The topological polar surface area (TPSA) is 29.3 Å². The summed E-state index contributed by atoms with van der Waals surface area (Å²) >= 11 is 0. The molecule has 0 aliphatic carbocycles. The summed E-state index contributed by atoms with van der Waals surface area (Å²) in [6.07, 6.45) is 1.29. The number of hydrogen-bond acceptors (Lipinski definition) is 2. The minimum Gasteiger partial charge on any atom is -0.330 e. The van der Waals surface area contributed by atoms with Crippen LogP contribution in [0.15, 0.2) is 12.2 Å². The summed E-state index contributed by atoms with van der Waals surface area (Å²) in [7, 11) is 0. The Bertz CT molecular complexity index is 177. The second-order valence-electron chi connectivity index (χ2n) is 4.45. The Labute approximate surface area is 81.8 Å². The minimum absolute atomic E-state index is 0.688. The Morgan fingerprint density at radius 3 is 2.85 bits per heavy atom. The maximum atomic E-state index is 5.74. The third-order valence-corrected chi connectivity index (χ3v) is 2.99. The molecule has 0 spiro atoms. The summed E-state index contributed by atoms with van der Waals surface area (Å²) in [4.78, 5) is 2.47. The molecule has 0 aromatic carbocycles. The van der Waals surface area contributed by atoms with Crippen molar-refractivity contribution in [2.75, 3.05) is 26.2 Å². The number of piperidine rings is 1. The first-order valence-electron chi connectivity index (χ1n) is 5.20. The van der Waals surface area contributed by atoms with Crippen molar-refractivity contribution in [2.24, 2.45) is 17.6 Å². The van der Waals surface area contributed by atoms with Gasteiger partial charge in [-0.3, -0.25) is 4.90 Å². The molecule has 0 aromatic rings. The van der Waals surface area contributed by atoms with Crippen molar-refractivity contribution in [3.63, 3.8) is 0 Å². The molecule has 2 heteroatoms. The summed E-state index contributed by atoms with van der Waals surface area (Å²) in [5, 5.41) is 0. The van der Waals surface area contributed by atoms with E-state index in [9.17, 15) is 0 Å². The molecule has 1 rings (SSSR count). The molecule has 0 saturated carbocycles. The van der Waals surface area contributed by atoms with Gasteiger partial charge in [0.05, 0.1) is 0 Å². The Hall–Kier alpha value is -0.340. The van der Waals surface area contributed by atoms with Crippen molar-refractivity contribution in [3.8, 4) is 0 Å². The summed E-state index contributed by atoms with van der Waals surface area (Å²) in [5.74, 6) is 1.49. The first kappa shape index (κ1) is 10.7. The van der Waals surface area contributed by atoms with E-state index in [1.165, 1.54) is 18.5 Å². The molecule has 1 saturated heterocycles. The lowest BCUT2D eigenvalue weighted by Crippen LogP contribution is -2.43. The zero-order chi connectivity index (χ0) is 9.84. The molecule has 1 heterocycles. The summed E-state index contributed by atoms with van der Waals surface area (Å²) in [6.45, 7) is 12.6. The number of likely N-dealkylation sites (tertiary alicyclic amines) is 1. The largest absolute Gasteiger partial charge is 0.330 e. The van der Waals surface area contributed by atoms with Gasteiger partial charge in [-0.1, -0.05) is 19.1 Å². The van der Waals surface area contributed by atoms with Crippen LogP contribution in [0.1, 0.15) is 20.3 Å². The zero-order valence-corrected chi connectivity index (χ0v) is 8.92.